The zero-order chi connectivity index (χ0) is 26.1. The Morgan fingerprint density at radius 3 is 2.59 bits per heavy atom. The average Bonchev–Trinajstić information content (AvgIpc) is 3.68. The summed E-state index contributed by atoms with van der Waals surface area (Å²) in [6, 6.07) is 18.9. The third-order valence-corrected chi connectivity index (χ3v) is 9.06. The van der Waals surface area contributed by atoms with Gasteiger partial charge >= 0.3 is 0 Å². The van der Waals surface area contributed by atoms with Crippen molar-refractivity contribution in [1.29, 1.82) is 0 Å². The number of benzene rings is 2. The Hall–Kier alpha value is -4.27. The van der Waals surface area contributed by atoms with E-state index >= 15 is 0 Å². The summed E-state index contributed by atoms with van der Waals surface area (Å²) in [7, 11) is 0. The van der Waals surface area contributed by atoms with Crippen LogP contribution in [-0.4, -0.2) is 42.1 Å². The molecule has 0 unspecified atom stereocenters. The highest BCUT2D eigenvalue weighted by Crippen LogP contribution is 2.51. The molecule has 3 N–H and O–H groups in total. The molecule has 0 amide bonds. The molecule has 2 aromatic carbocycles. The van der Waals surface area contributed by atoms with Gasteiger partial charge in [0.2, 0.25) is 5.95 Å². The van der Waals surface area contributed by atoms with Crippen molar-refractivity contribution in [2.24, 2.45) is 11.1 Å². The molecule has 0 radical (unpaired) electrons. The molecule has 4 aromatic heterocycles. The number of imidazole rings is 1. The average molecular weight is 516 g/mol. The number of nitrogens with two attached hydrogens (primary N) is 1. The molecule has 0 saturated carbocycles. The number of piperidine rings is 1. The van der Waals surface area contributed by atoms with E-state index in [-0.39, 0.29) is 18.2 Å². The van der Waals surface area contributed by atoms with Gasteiger partial charge in [-0.3, -0.25) is 9.38 Å². The second-order valence-electron chi connectivity index (χ2n) is 11.0. The Labute approximate surface area is 225 Å². The lowest BCUT2D eigenvalue weighted by atomic mass is 9.73. The quantitative estimate of drug-likeness (QED) is 0.355. The van der Waals surface area contributed by atoms with E-state index in [9.17, 15) is 5.11 Å². The fourth-order valence-electron chi connectivity index (χ4n) is 7.01. The normalized spacial score (nSPS) is 18.5. The minimum Gasteiger partial charge on any atom is -0.376 e. The van der Waals surface area contributed by atoms with Crippen LogP contribution in [-0.2, 0) is 13.2 Å². The van der Waals surface area contributed by atoms with E-state index in [4.69, 9.17) is 15.7 Å². The molecule has 39 heavy (non-hydrogen) atoms. The molecule has 8 rings (SSSR count). The van der Waals surface area contributed by atoms with Gasteiger partial charge in [0.25, 0.3) is 0 Å². The van der Waals surface area contributed by atoms with E-state index < -0.39 is 0 Å². The number of hydrogen-bond donors (Lipinski definition) is 2. The Balaban J connectivity index is 1.22. The Morgan fingerprint density at radius 2 is 1.74 bits per heavy atom. The van der Waals surface area contributed by atoms with E-state index in [1.807, 2.05) is 53.6 Å². The Morgan fingerprint density at radius 1 is 0.923 bits per heavy atom. The van der Waals surface area contributed by atoms with Crippen LogP contribution in [0.3, 0.4) is 0 Å². The number of fused-ring (bicyclic) bond motifs is 5. The highest BCUT2D eigenvalue weighted by Gasteiger charge is 2.46. The summed E-state index contributed by atoms with van der Waals surface area (Å²) in [6.45, 7) is 1.57. The zero-order valence-electron chi connectivity index (χ0n) is 21.5. The van der Waals surface area contributed by atoms with Crippen molar-refractivity contribution in [2.75, 3.05) is 18.0 Å². The van der Waals surface area contributed by atoms with Crippen molar-refractivity contribution >= 4 is 33.5 Å². The van der Waals surface area contributed by atoms with E-state index in [1.165, 1.54) is 11.1 Å². The molecule has 8 heteroatoms. The fourth-order valence-corrected chi connectivity index (χ4v) is 7.01. The zero-order valence-corrected chi connectivity index (χ0v) is 21.5. The molecular weight excluding hydrogens is 486 g/mol. The minimum atomic E-state index is -0.168. The molecule has 0 bridgehead atoms. The van der Waals surface area contributed by atoms with Crippen molar-refractivity contribution in [1.82, 2.24) is 23.9 Å². The number of aromatic nitrogens is 5. The first kappa shape index (κ1) is 22.7. The first-order valence-corrected chi connectivity index (χ1v) is 13.6. The van der Waals surface area contributed by atoms with Crippen molar-refractivity contribution in [3.63, 3.8) is 0 Å². The standard InChI is InChI=1S/C31H29N7O/c32-27-21-6-2-1-5-20(21)17-31(27)10-14-36(15-11-31)30-35-29-26(28-34-13-16-38(28)30)24(18-37(29)19-39)22-9-12-33-25-8-4-3-7-23(22)25/h1-9,12-13,16,18,27,39H,10-11,14-15,17,19,32H2/t27-/m1/s1. The lowest BCUT2D eigenvalue weighted by Crippen LogP contribution is -2.45. The third-order valence-electron chi connectivity index (χ3n) is 9.06. The van der Waals surface area contributed by atoms with Gasteiger partial charge in [-0.05, 0) is 53.5 Å². The molecule has 8 nitrogen and oxygen atoms in total. The molecule has 194 valence electrons. The van der Waals surface area contributed by atoms with Crippen LogP contribution in [0.2, 0.25) is 0 Å². The van der Waals surface area contributed by atoms with E-state index in [2.05, 4.69) is 44.6 Å². The molecule has 1 spiro atoms. The summed E-state index contributed by atoms with van der Waals surface area (Å²) in [4.78, 5) is 16.9. The van der Waals surface area contributed by atoms with Crippen LogP contribution >= 0.6 is 0 Å². The molecule has 2 aliphatic rings. The summed E-state index contributed by atoms with van der Waals surface area (Å²) >= 11 is 0. The van der Waals surface area contributed by atoms with Crippen LogP contribution in [0.4, 0.5) is 5.95 Å². The Bertz CT molecular complexity index is 1870. The van der Waals surface area contributed by atoms with Crippen LogP contribution in [0.1, 0.15) is 30.0 Å². The molecule has 1 saturated heterocycles. The molecular formula is C31H29N7O. The van der Waals surface area contributed by atoms with Crippen molar-refractivity contribution < 1.29 is 5.11 Å². The second-order valence-corrected chi connectivity index (χ2v) is 11.0. The van der Waals surface area contributed by atoms with E-state index in [0.29, 0.717) is 0 Å². The maximum absolute atomic E-state index is 10.3. The maximum Gasteiger partial charge on any atom is 0.213 e. The molecule has 1 fully saturated rings. The smallest absolute Gasteiger partial charge is 0.213 e. The van der Waals surface area contributed by atoms with Crippen LogP contribution in [0.25, 0.3) is 38.7 Å². The van der Waals surface area contributed by atoms with Gasteiger partial charge in [-0.2, -0.15) is 4.98 Å². The topological polar surface area (TPSA) is 97.5 Å². The Kier molecular flexibility index (Phi) is 4.87. The predicted molar refractivity (Wildman–Crippen MR) is 152 cm³/mol. The van der Waals surface area contributed by atoms with Crippen LogP contribution < -0.4 is 10.6 Å². The fraction of sp³-hybridized carbons (Fsp3) is 0.258. The van der Waals surface area contributed by atoms with Gasteiger partial charge in [-0.25, -0.2) is 4.98 Å². The maximum atomic E-state index is 10.3. The van der Waals surface area contributed by atoms with Gasteiger partial charge in [0.05, 0.1) is 10.9 Å². The number of rotatable bonds is 3. The first-order chi connectivity index (χ1) is 19.2. The van der Waals surface area contributed by atoms with Crippen LogP contribution in [0.5, 0.6) is 0 Å². The molecule has 5 heterocycles. The van der Waals surface area contributed by atoms with Gasteiger partial charge in [-0.15, -0.1) is 0 Å². The third kappa shape index (κ3) is 3.22. The SMILES string of the molecule is N[C@@H]1c2ccccc2CC12CCN(c1nc3c(c(-c4ccnc5ccccc45)cn3CO)c3nccn13)CC2. The number of para-hydroxylation sites is 1. The largest absolute Gasteiger partial charge is 0.376 e. The van der Waals surface area contributed by atoms with Gasteiger partial charge in [0, 0.05) is 54.9 Å². The number of pyridine rings is 1. The number of hydrogen-bond acceptors (Lipinski definition) is 6. The molecule has 6 aromatic rings. The molecule has 1 aliphatic carbocycles. The summed E-state index contributed by atoms with van der Waals surface area (Å²) in [5.41, 5.74) is 14.2. The monoisotopic (exact) mass is 515 g/mol. The number of aliphatic hydroxyl groups excluding tert-OH is 1. The summed E-state index contributed by atoms with van der Waals surface area (Å²) in [5, 5.41) is 12.3. The van der Waals surface area contributed by atoms with Crippen molar-refractivity contribution in [3.8, 4) is 11.1 Å². The van der Waals surface area contributed by atoms with E-state index in [1.54, 1.807) is 0 Å². The van der Waals surface area contributed by atoms with E-state index in [0.717, 1.165) is 77.0 Å². The number of aliphatic hydroxyl groups is 1. The number of anilines is 1. The summed E-state index contributed by atoms with van der Waals surface area (Å²) < 4.78 is 3.91. The molecule has 1 aliphatic heterocycles. The molecule has 1 atom stereocenters. The van der Waals surface area contributed by atoms with Crippen LogP contribution in [0.15, 0.2) is 79.4 Å². The second kappa shape index (κ2) is 8.36. The summed E-state index contributed by atoms with van der Waals surface area (Å²) in [5.74, 6) is 0.855. The lowest BCUT2D eigenvalue weighted by Gasteiger charge is -2.42. The first-order valence-electron chi connectivity index (χ1n) is 13.6. The highest BCUT2D eigenvalue weighted by atomic mass is 16.3. The highest BCUT2D eigenvalue weighted by molar-refractivity contribution is 6.08. The van der Waals surface area contributed by atoms with Gasteiger partial charge in [0.1, 0.15) is 12.4 Å². The lowest BCUT2D eigenvalue weighted by molar-refractivity contribution is 0.186. The minimum absolute atomic E-state index is 0.0731. The van der Waals surface area contributed by atoms with Gasteiger partial charge in [0.15, 0.2) is 5.65 Å². The number of nitrogens with zero attached hydrogens (tertiary/aromatic N) is 6. The van der Waals surface area contributed by atoms with Crippen molar-refractivity contribution in [3.05, 3.63) is 90.5 Å². The van der Waals surface area contributed by atoms with Crippen LogP contribution in [0, 0.1) is 5.41 Å². The van der Waals surface area contributed by atoms with Gasteiger partial charge in [-0.1, -0.05) is 42.5 Å². The summed E-state index contributed by atoms with van der Waals surface area (Å²) in [6.07, 6.45) is 10.7. The van der Waals surface area contributed by atoms with Crippen molar-refractivity contribution in [2.45, 2.75) is 32.0 Å². The van der Waals surface area contributed by atoms with Gasteiger partial charge < -0.3 is 20.3 Å². The predicted octanol–water partition coefficient (Wildman–Crippen LogP) is 4.69.